The largest absolute Gasteiger partial charge is 0.361 e. The zero-order valence-electron chi connectivity index (χ0n) is 21.0. The summed E-state index contributed by atoms with van der Waals surface area (Å²) in [6.45, 7) is 13.4. The molecule has 1 aliphatic rings. The fraction of sp³-hybridized carbons (Fsp3) is 0.444. The summed E-state index contributed by atoms with van der Waals surface area (Å²) in [5.41, 5.74) is 6.73. The third kappa shape index (κ3) is 6.63. The van der Waals surface area contributed by atoms with Gasteiger partial charge in [0.25, 0.3) is 0 Å². The van der Waals surface area contributed by atoms with E-state index in [0.717, 1.165) is 17.7 Å². The highest BCUT2D eigenvalue weighted by molar-refractivity contribution is 8.11. The van der Waals surface area contributed by atoms with Crippen LogP contribution in [0.15, 0.2) is 45.3 Å². The van der Waals surface area contributed by atoms with Crippen LogP contribution in [-0.2, 0) is 22.6 Å². The molecule has 0 aliphatic carbocycles. The first kappa shape index (κ1) is 25.8. The van der Waals surface area contributed by atoms with Gasteiger partial charge < -0.3 is 14.7 Å². The lowest BCUT2D eigenvalue weighted by Crippen LogP contribution is -2.46. The van der Waals surface area contributed by atoms with Gasteiger partial charge in [-0.15, -0.1) is 0 Å². The molecule has 7 heteroatoms. The van der Waals surface area contributed by atoms with Crippen molar-refractivity contribution in [2.24, 2.45) is 0 Å². The summed E-state index contributed by atoms with van der Waals surface area (Å²) in [6.07, 6.45) is 1.63. The smallest absolute Gasteiger partial charge is 0.243 e. The Hall–Kier alpha value is -2.80. The van der Waals surface area contributed by atoms with Gasteiger partial charge in [0.1, 0.15) is 11.8 Å². The van der Waals surface area contributed by atoms with Gasteiger partial charge in [-0.1, -0.05) is 46.3 Å². The SMILES string of the molecule is CC(C)=CSC(=C(C)C)c1ccc(CNC(=O)C2CCCN2C(=O)Cc2cc(C)no2)cc1C. The number of carbonyl (C=O) groups is 2. The number of nitrogens with zero attached hydrogens (tertiary/aromatic N) is 2. The van der Waals surface area contributed by atoms with E-state index in [1.807, 2.05) is 6.92 Å². The van der Waals surface area contributed by atoms with Crippen LogP contribution in [0.25, 0.3) is 4.91 Å². The molecule has 1 aliphatic heterocycles. The summed E-state index contributed by atoms with van der Waals surface area (Å²) in [6, 6.07) is 7.66. The van der Waals surface area contributed by atoms with Crippen molar-refractivity contribution in [2.45, 2.75) is 73.4 Å². The van der Waals surface area contributed by atoms with Crippen molar-refractivity contribution in [3.8, 4) is 0 Å². The summed E-state index contributed by atoms with van der Waals surface area (Å²) in [7, 11) is 0. The van der Waals surface area contributed by atoms with Crippen molar-refractivity contribution in [3.05, 3.63) is 69.0 Å². The van der Waals surface area contributed by atoms with Crippen LogP contribution >= 0.6 is 11.8 Å². The quantitative estimate of drug-likeness (QED) is 0.535. The van der Waals surface area contributed by atoms with Gasteiger partial charge in [0, 0.05) is 24.1 Å². The van der Waals surface area contributed by atoms with Gasteiger partial charge >= 0.3 is 0 Å². The maximum atomic E-state index is 12.9. The maximum absolute atomic E-state index is 12.9. The van der Waals surface area contributed by atoms with E-state index < -0.39 is 6.04 Å². The minimum atomic E-state index is -0.436. The van der Waals surface area contributed by atoms with Gasteiger partial charge in [-0.2, -0.15) is 0 Å². The second-order valence-corrected chi connectivity index (χ2v) is 10.2. The van der Waals surface area contributed by atoms with Crippen LogP contribution in [0.2, 0.25) is 0 Å². The normalized spacial score (nSPS) is 15.2. The highest BCUT2D eigenvalue weighted by Gasteiger charge is 2.34. The van der Waals surface area contributed by atoms with E-state index in [1.54, 1.807) is 22.7 Å². The number of hydrogen-bond acceptors (Lipinski definition) is 5. The highest BCUT2D eigenvalue weighted by Crippen LogP contribution is 2.34. The minimum absolute atomic E-state index is 0.0999. The second-order valence-electron chi connectivity index (χ2n) is 9.37. The average Bonchev–Trinajstić information content (AvgIpc) is 3.42. The monoisotopic (exact) mass is 481 g/mol. The van der Waals surface area contributed by atoms with Crippen LogP contribution in [0.3, 0.4) is 0 Å². The predicted molar refractivity (Wildman–Crippen MR) is 138 cm³/mol. The van der Waals surface area contributed by atoms with Crippen molar-refractivity contribution in [3.63, 3.8) is 0 Å². The van der Waals surface area contributed by atoms with Crippen molar-refractivity contribution in [2.75, 3.05) is 6.54 Å². The molecule has 1 fully saturated rings. The number of allylic oxidation sites excluding steroid dienone is 2. The molecule has 3 rings (SSSR count). The molecule has 2 amide bonds. The molecule has 1 aromatic carbocycles. The zero-order valence-corrected chi connectivity index (χ0v) is 21.8. The summed E-state index contributed by atoms with van der Waals surface area (Å²) in [4.78, 5) is 28.6. The minimum Gasteiger partial charge on any atom is -0.361 e. The third-order valence-electron chi connectivity index (χ3n) is 5.75. The average molecular weight is 482 g/mol. The van der Waals surface area contributed by atoms with Crippen LogP contribution in [0.4, 0.5) is 0 Å². The van der Waals surface area contributed by atoms with Crippen LogP contribution < -0.4 is 5.32 Å². The molecule has 0 bridgehead atoms. The molecule has 1 unspecified atom stereocenters. The molecule has 34 heavy (non-hydrogen) atoms. The van der Waals surface area contributed by atoms with Gasteiger partial charge in [-0.3, -0.25) is 9.59 Å². The fourth-order valence-electron chi connectivity index (χ4n) is 4.11. The number of rotatable bonds is 8. The molecule has 0 spiro atoms. The van der Waals surface area contributed by atoms with Crippen molar-refractivity contribution < 1.29 is 14.1 Å². The van der Waals surface area contributed by atoms with Gasteiger partial charge in [0.15, 0.2) is 0 Å². The van der Waals surface area contributed by atoms with E-state index in [-0.39, 0.29) is 18.2 Å². The van der Waals surface area contributed by atoms with Crippen LogP contribution in [0, 0.1) is 13.8 Å². The van der Waals surface area contributed by atoms with Gasteiger partial charge in [0.05, 0.1) is 12.1 Å². The molecule has 1 N–H and O–H groups in total. The lowest BCUT2D eigenvalue weighted by molar-refractivity contribution is -0.138. The van der Waals surface area contributed by atoms with Gasteiger partial charge in [0.2, 0.25) is 11.8 Å². The van der Waals surface area contributed by atoms with Crippen LogP contribution in [-0.4, -0.2) is 34.5 Å². The van der Waals surface area contributed by atoms with Gasteiger partial charge in [-0.05, 0) is 76.5 Å². The number of hydrogen-bond donors (Lipinski definition) is 1. The Morgan fingerprint density at radius 1 is 1.21 bits per heavy atom. The summed E-state index contributed by atoms with van der Waals surface area (Å²) >= 11 is 1.75. The summed E-state index contributed by atoms with van der Waals surface area (Å²) in [5, 5.41) is 9.04. The number of nitrogens with one attached hydrogen (secondary N) is 1. The van der Waals surface area contributed by atoms with Crippen molar-refractivity contribution in [1.82, 2.24) is 15.4 Å². The molecule has 2 heterocycles. The molecule has 0 radical (unpaired) electrons. The van der Waals surface area contributed by atoms with Crippen molar-refractivity contribution in [1.29, 1.82) is 0 Å². The number of aryl methyl sites for hydroxylation is 2. The standard InChI is InChI=1S/C27H35N3O3S/c1-17(2)16-34-26(18(3)4)23-10-9-21(12-19(23)5)15-28-27(32)24-8-7-11-30(24)25(31)14-22-13-20(6)29-33-22/h9-10,12-13,16,24H,7-8,11,14-15H2,1-6H3,(H,28,32). The number of benzene rings is 1. The highest BCUT2D eigenvalue weighted by atomic mass is 32.2. The fourth-order valence-corrected chi connectivity index (χ4v) is 5.06. The Morgan fingerprint density at radius 2 is 1.97 bits per heavy atom. The predicted octanol–water partition coefficient (Wildman–Crippen LogP) is 5.55. The molecule has 6 nitrogen and oxygen atoms in total. The Bertz CT molecular complexity index is 1110. The second kappa shape index (κ2) is 11.6. The molecular weight excluding hydrogens is 446 g/mol. The lowest BCUT2D eigenvalue weighted by atomic mass is 10.0. The van der Waals surface area contributed by atoms with E-state index in [2.05, 4.69) is 68.7 Å². The number of amides is 2. The molecular formula is C27H35N3O3S. The van der Waals surface area contributed by atoms with E-state index >= 15 is 0 Å². The van der Waals surface area contributed by atoms with Gasteiger partial charge in [-0.25, -0.2) is 0 Å². The van der Waals surface area contributed by atoms with E-state index in [4.69, 9.17) is 4.52 Å². The molecule has 1 aromatic heterocycles. The van der Waals surface area contributed by atoms with E-state index in [1.165, 1.54) is 27.2 Å². The molecule has 182 valence electrons. The summed E-state index contributed by atoms with van der Waals surface area (Å²) in [5.74, 6) is 0.324. The first-order valence-electron chi connectivity index (χ1n) is 11.7. The van der Waals surface area contributed by atoms with Crippen LogP contribution in [0.1, 0.15) is 68.7 Å². The lowest BCUT2D eigenvalue weighted by Gasteiger charge is -2.23. The topological polar surface area (TPSA) is 75.4 Å². The van der Waals surface area contributed by atoms with E-state index in [9.17, 15) is 9.59 Å². The third-order valence-corrected chi connectivity index (χ3v) is 7.20. The first-order valence-corrected chi connectivity index (χ1v) is 12.6. The summed E-state index contributed by atoms with van der Waals surface area (Å²) < 4.78 is 5.17. The number of carbonyl (C=O) groups excluding carboxylic acids is 2. The Balaban J connectivity index is 1.62. The zero-order chi connectivity index (χ0) is 24.8. The molecule has 1 saturated heterocycles. The molecule has 2 aromatic rings. The maximum Gasteiger partial charge on any atom is 0.243 e. The molecule has 1 atom stereocenters. The van der Waals surface area contributed by atoms with E-state index in [0.29, 0.717) is 25.3 Å². The Kier molecular flexibility index (Phi) is 8.78. The number of likely N-dealkylation sites (tertiary alicyclic amines) is 1. The Labute approximate surface area is 206 Å². The van der Waals surface area contributed by atoms with Crippen LogP contribution in [0.5, 0.6) is 0 Å². The molecule has 0 saturated carbocycles. The van der Waals surface area contributed by atoms with Crippen molar-refractivity contribution >= 4 is 28.5 Å². The number of aromatic nitrogens is 1. The number of thioether (sulfide) groups is 1. The Morgan fingerprint density at radius 3 is 2.59 bits per heavy atom. The first-order chi connectivity index (χ1) is 16.2.